The van der Waals surface area contributed by atoms with Crippen molar-refractivity contribution in [3.63, 3.8) is 0 Å². The number of halogens is 1. The standard InChI is InChI=1S/C13H10BrNO4/c14-10-3-7(4-11-12(10)19-2-1-18-11)8-5-15-6-9(8)13(16)17/h3-6,15H,1-2H2,(H,16,17). The topological polar surface area (TPSA) is 71.5 Å². The molecule has 0 unspecified atom stereocenters. The van der Waals surface area contributed by atoms with Crippen LogP contribution in [0.1, 0.15) is 10.4 Å². The van der Waals surface area contributed by atoms with E-state index in [-0.39, 0.29) is 5.56 Å². The van der Waals surface area contributed by atoms with Gasteiger partial charge in [-0.3, -0.25) is 0 Å². The summed E-state index contributed by atoms with van der Waals surface area (Å²) in [5, 5.41) is 9.14. The molecule has 19 heavy (non-hydrogen) atoms. The molecule has 0 spiro atoms. The molecule has 5 nitrogen and oxygen atoms in total. The zero-order valence-electron chi connectivity index (χ0n) is 9.77. The van der Waals surface area contributed by atoms with Gasteiger partial charge in [0.25, 0.3) is 0 Å². The van der Waals surface area contributed by atoms with Gasteiger partial charge >= 0.3 is 5.97 Å². The van der Waals surface area contributed by atoms with E-state index in [1.807, 2.05) is 6.07 Å². The lowest BCUT2D eigenvalue weighted by molar-refractivity contribution is 0.0698. The zero-order valence-corrected chi connectivity index (χ0v) is 11.4. The minimum atomic E-state index is -0.970. The number of benzene rings is 1. The molecule has 0 radical (unpaired) electrons. The summed E-state index contributed by atoms with van der Waals surface area (Å²) in [7, 11) is 0. The van der Waals surface area contributed by atoms with Crippen LogP contribution in [0.2, 0.25) is 0 Å². The maximum Gasteiger partial charge on any atom is 0.337 e. The maximum atomic E-state index is 11.1. The fourth-order valence-corrected chi connectivity index (χ4v) is 2.60. The number of H-pyrrole nitrogens is 1. The highest BCUT2D eigenvalue weighted by Gasteiger charge is 2.19. The molecule has 0 saturated heterocycles. The van der Waals surface area contributed by atoms with Crippen molar-refractivity contribution < 1.29 is 19.4 Å². The van der Waals surface area contributed by atoms with Gasteiger partial charge < -0.3 is 19.6 Å². The van der Waals surface area contributed by atoms with Crippen molar-refractivity contribution in [2.75, 3.05) is 13.2 Å². The molecule has 0 fully saturated rings. The van der Waals surface area contributed by atoms with E-state index < -0.39 is 5.97 Å². The third-order valence-electron chi connectivity index (χ3n) is 2.88. The van der Waals surface area contributed by atoms with E-state index in [1.165, 1.54) is 6.20 Å². The Morgan fingerprint density at radius 2 is 2.05 bits per heavy atom. The van der Waals surface area contributed by atoms with Crippen LogP contribution in [0.3, 0.4) is 0 Å². The number of aromatic nitrogens is 1. The van der Waals surface area contributed by atoms with Crippen molar-refractivity contribution in [1.29, 1.82) is 0 Å². The van der Waals surface area contributed by atoms with E-state index in [0.29, 0.717) is 30.3 Å². The van der Waals surface area contributed by atoms with E-state index >= 15 is 0 Å². The first-order valence-corrected chi connectivity index (χ1v) is 6.45. The predicted octanol–water partition coefficient (Wildman–Crippen LogP) is 2.91. The van der Waals surface area contributed by atoms with Crippen molar-refractivity contribution in [3.05, 3.63) is 34.6 Å². The second-order valence-corrected chi connectivity index (χ2v) is 4.92. The number of carboxylic acids is 1. The van der Waals surface area contributed by atoms with Gasteiger partial charge in [-0.25, -0.2) is 4.79 Å². The Bertz CT molecular complexity index is 650. The molecular weight excluding hydrogens is 314 g/mol. The van der Waals surface area contributed by atoms with Gasteiger partial charge in [0.2, 0.25) is 0 Å². The Kier molecular flexibility index (Phi) is 2.94. The molecule has 3 rings (SSSR count). The summed E-state index contributed by atoms with van der Waals surface area (Å²) in [6.07, 6.45) is 3.11. The van der Waals surface area contributed by atoms with Gasteiger partial charge in [-0.1, -0.05) is 0 Å². The predicted molar refractivity (Wildman–Crippen MR) is 71.9 cm³/mol. The molecule has 0 atom stereocenters. The normalized spacial score (nSPS) is 13.3. The maximum absolute atomic E-state index is 11.1. The Labute approximate surface area is 117 Å². The van der Waals surface area contributed by atoms with E-state index in [9.17, 15) is 4.79 Å². The molecule has 6 heteroatoms. The Morgan fingerprint density at radius 3 is 2.84 bits per heavy atom. The minimum Gasteiger partial charge on any atom is -0.486 e. The number of hydrogen-bond acceptors (Lipinski definition) is 3. The summed E-state index contributed by atoms with van der Waals surface area (Å²) in [6, 6.07) is 3.61. The zero-order chi connectivity index (χ0) is 13.4. The van der Waals surface area contributed by atoms with Crippen LogP contribution in [0.25, 0.3) is 11.1 Å². The largest absolute Gasteiger partial charge is 0.486 e. The van der Waals surface area contributed by atoms with E-state index in [1.54, 1.807) is 12.3 Å². The van der Waals surface area contributed by atoms with Crippen LogP contribution >= 0.6 is 15.9 Å². The highest BCUT2D eigenvalue weighted by Crippen LogP contribution is 2.41. The quantitative estimate of drug-likeness (QED) is 0.891. The van der Waals surface area contributed by atoms with Crippen LogP contribution in [0.4, 0.5) is 0 Å². The molecule has 2 N–H and O–H groups in total. The Morgan fingerprint density at radius 1 is 1.26 bits per heavy atom. The lowest BCUT2D eigenvalue weighted by Gasteiger charge is -2.20. The highest BCUT2D eigenvalue weighted by molar-refractivity contribution is 9.10. The summed E-state index contributed by atoms with van der Waals surface area (Å²) >= 11 is 3.42. The number of fused-ring (bicyclic) bond motifs is 1. The minimum absolute atomic E-state index is 0.226. The fourth-order valence-electron chi connectivity index (χ4n) is 2.05. The first kappa shape index (κ1) is 12.1. The number of aromatic carboxylic acids is 1. The molecule has 0 amide bonds. The number of carboxylic acid groups (broad SMARTS) is 1. The van der Waals surface area contributed by atoms with Crippen molar-refractivity contribution in [3.8, 4) is 22.6 Å². The van der Waals surface area contributed by atoms with Gasteiger partial charge in [0.15, 0.2) is 11.5 Å². The van der Waals surface area contributed by atoms with Gasteiger partial charge in [0.05, 0.1) is 10.0 Å². The average Bonchev–Trinajstić information content (AvgIpc) is 2.88. The number of aromatic amines is 1. The van der Waals surface area contributed by atoms with Gasteiger partial charge in [0, 0.05) is 18.0 Å². The molecule has 2 aromatic rings. The van der Waals surface area contributed by atoms with Crippen molar-refractivity contribution in [1.82, 2.24) is 4.98 Å². The van der Waals surface area contributed by atoms with Gasteiger partial charge in [-0.15, -0.1) is 0 Å². The molecule has 0 bridgehead atoms. The lowest BCUT2D eigenvalue weighted by Crippen LogP contribution is -2.15. The van der Waals surface area contributed by atoms with E-state index in [4.69, 9.17) is 14.6 Å². The van der Waals surface area contributed by atoms with Gasteiger partial charge in [-0.2, -0.15) is 0 Å². The SMILES string of the molecule is O=C(O)c1c[nH]cc1-c1cc(Br)c2c(c1)OCCO2. The molecule has 0 saturated carbocycles. The first-order chi connectivity index (χ1) is 9.16. The van der Waals surface area contributed by atoms with Crippen LogP contribution in [-0.2, 0) is 0 Å². The summed E-state index contributed by atoms with van der Waals surface area (Å²) < 4.78 is 11.8. The van der Waals surface area contributed by atoms with Gasteiger partial charge in [-0.05, 0) is 33.6 Å². The number of rotatable bonds is 2. The third kappa shape index (κ3) is 2.08. The molecule has 98 valence electrons. The van der Waals surface area contributed by atoms with E-state index in [0.717, 1.165) is 10.0 Å². The molecule has 0 aliphatic carbocycles. The fraction of sp³-hybridized carbons (Fsp3) is 0.154. The third-order valence-corrected chi connectivity index (χ3v) is 3.47. The molecule has 2 heterocycles. The Hall–Kier alpha value is -1.95. The number of carbonyl (C=O) groups is 1. The lowest BCUT2D eigenvalue weighted by atomic mass is 10.0. The summed E-state index contributed by atoms with van der Waals surface area (Å²) in [5.74, 6) is 0.304. The molecule has 1 aromatic carbocycles. The molecule has 1 aliphatic rings. The van der Waals surface area contributed by atoms with E-state index in [2.05, 4.69) is 20.9 Å². The van der Waals surface area contributed by atoms with Crippen molar-refractivity contribution >= 4 is 21.9 Å². The smallest absolute Gasteiger partial charge is 0.337 e. The van der Waals surface area contributed by atoms with Crippen LogP contribution in [-0.4, -0.2) is 29.3 Å². The first-order valence-electron chi connectivity index (χ1n) is 5.66. The van der Waals surface area contributed by atoms with Crippen LogP contribution in [0, 0.1) is 0 Å². The second-order valence-electron chi connectivity index (χ2n) is 4.07. The Balaban J connectivity index is 2.13. The average molecular weight is 324 g/mol. The summed E-state index contributed by atoms with van der Waals surface area (Å²) in [6.45, 7) is 0.997. The summed E-state index contributed by atoms with van der Waals surface area (Å²) in [4.78, 5) is 14.0. The second kappa shape index (κ2) is 4.62. The summed E-state index contributed by atoms with van der Waals surface area (Å²) in [5.41, 5.74) is 1.60. The van der Waals surface area contributed by atoms with Crippen LogP contribution < -0.4 is 9.47 Å². The molecular formula is C13H10BrNO4. The highest BCUT2D eigenvalue weighted by atomic mass is 79.9. The number of hydrogen-bond donors (Lipinski definition) is 2. The van der Waals surface area contributed by atoms with Crippen molar-refractivity contribution in [2.45, 2.75) is 0 Å². The van der Waals surface area contributed by atoms with Gasteiger partial charge in [0.1, 0.15) is 13.2 Å². The number of ether oxygens (including phenoxy) is 2. The monoisotopic (exact) mass is 323 g/mol. The van der Waals surface area contributed by atoms with Crippen LogP contribution in [0.5, 0.6) is 11.5 Å². The molecule has 1 aromatic heterocycles. The van der Waals surface area contributed by atoms with Crippen LogP contribution in [0.15, 0.2) is 29.0 Å². The molecule has 1 aliphatic heterocycles. The van der Waals surface area contributed by atoms with Crippen molar-refractivity contribution in [2.24, 2.45) is 0 Å². The number of nitrogens with one attached hydrogen (secondary N) is 1.